The minimum Gasteiger partial charge on any atom is -0.358 e. The molecule has 1 fully saturated rings. The Bertz CT molecular complexity index is 541. The average Bonchev–Trinajstić information content (AvgIpc) is 2.93. The molecule has 2 heterocycles. The standard InChI is InChI=1S/C11H18N5O4/c1-13-9(15(18)19)6-12-11(13)8-5-10(20-14(8)2)16(3,4)7-17/h6-8,10H,5H2,1-4H3/q+1. The van der Waals surface area contributed by atoms with E-state index in [1.54, 1.807) is 33.3 Å². The summed E-state index contributed by atoms with van der Waals surface area (Å²) >= 11 is 0. The van der Waals surface area contributed by atoms with Crippen LogP contribution in [0.25, 0.3) is 0 Å². The highest BCUT2D eigenvalue weighted by Crippen LogP contribution is 2.35. The van der Waals surface area contributed by atoms with Crippen LogP contribution in [0.2, 0.25) is 0 Å². The normalized spacial score (nSPS) is 24.0. The molecule has 1 aliphatic rings. The van der Waals surface area contributed by atoms with Gasteiger partial charge >= 0.3 is 12.2 Å². The van der Waals surface area contributed by atoms with Crippen LogP contribution in [0.4, 0.5) is 5.82 Å². The van der Waals surface area contributed by atoms with Crippen molar-refractivity contribution in [3.63, 3.8) is 0 Å². The van der Waals surface area contributed by atoms with Crippen LogP contribution in [0.5, 0.6) is 0 Å². The molecule has 0 radical (unpaired) electrons. The lowest BCUT2D eigenvalue weighted by molar-refractivity contribution is -0.860. The lowest BCUT2D eigenvalue weighted by Crippen LogP contribution is -2.47. The van der Waals surface area contributed by atoms with E-state index in [-0.39, 0.29) is 22.6 Å². The molecule has 1 aromatic rings. The van der Waals surface area contributed by atoms with Crippen molar-refractivity contribution in [2.75, 3.05) is 21.1 Å². The highest BCUT2D eigenvalue weighted by Gasteiger charge is 2.45. The van der Waals surface area contributed by atoms with Crippen LogP contribution < -0.4 is 0 Å². The average molecular weight is 284 g/mol. The molecule has 110 valence electrons. The van der Waals surface area contributed by atoms with E-state index in [0.29, 0.717) is 12.2 Å². The molecule has 0 aromatic carbocycles. The Balaban J connectivity index is 2.27. The zero-order valence-electron chi connectivity index (χ0n) is 11.9. The van der Waals surface area contributed by atoms with Gasteiger partial charge in [-0.1, -0.05) is 0 Å². The van der Waals surface area contributed by atoms with Gasteiger partial charge in [-0.2, -0.15) is 5.06 Å². The van der Waals surface area contributed by atoms with Crippen molar-refractivity contribution in [2.45, 2.75) is 18.7 Å². The number of hydroxylamine groups is 2. The molecule has 2 unspecified atom stereocenters. The Morgan fingerprint density at radius 3 is 2.70 bits per heavy atom. The van der Waals surface area contributed by atoms with Crippen molar-refractivity contribution >= 4 is 12.2 Å². The number of nitro groups is 1. The molecule has 1 amide bonds. The second kappa shape index (κ2) is 4.93. The number of imidazole rings is 1. The summed E-state index contributed by atoms with van der Waals surface area (Å²) in [7, 11) is 6.82. The topological polar surface area (TPSA) is 90.5 Å². The van der Waals surface area contributed by atoms with Gasteiger partial charge in [0.25, 0.3) is 0 Å². The smallest absolute Gasteiger partial charge is 0.342 e. The Morgan fingerprint density at radius 2 is 2.20 bits per heavy atom. The van der Waals surface area contributed by atoms with Crippen LogP contribution in [-0.4, -0.2) is 57.8 Å². The molecule has 0 bridgehead atoms. The van der Waals surface area contributed by atoms with E-state index in [9.17, 15) is 14.9 Å². The molecule has 20 heavy (non-hydrogen) atoms. The van der Waals surface area contributed by atoms with E-state index in [1.165, 1.54) is 10.8 Å². The highest BCUT2D eigenvalue weighted by molar-refractivity contribution is 5.37. The summed E-state index contributed by atoms with van der Waals surface area (Å²) < 4.78 is 1.50. The first-order valence-corrected chi connectivity index (χ1v) is 6.13. The van der Waals surface area contributed by atoms with Gasteiger partial charge in [-0.15, -0.1) is 0 Å². The number of hydrogen-bond acceptors (Lipinski definition) is 6. The van der Waals surface area contributed by atoms with Gasteiger partial charge < -0.3 is 10.1 Å². The predicted molar refractivity (Wildman–Crippen MR) is 68.0 cm³/mol. The quantitative estimate of drug-likeness (QED) is 0.339. The number of carbonyl (C=O) groups excluding carboxylic acids is 1. The molecule has 2 rings (SSSR count). The summed E-state index contributed by atoms with van der Waals surface area (Å²) in [5.74, 6) is 0.480. The monoisotopic (exact) mass is 284 g/mol. The molecule has 0 aliphatic carbocycles. The number of carbonyl (C=O) groups is 1. The first kappa shape index (κ1) is 14.6. The zero-order valence-corrected chi connectivity index (χ0v) is 11.9. The third-order valence-corrected chi connectivity index (χ3v) is 3.65. The zero-order chi connectivity index (χ0) is 15.1. The summed E-state index contributed by atoms with van der Waals surface area (Å²) in [4.78, 5) is 31.2. The van der Waals surface area contributed by atoms with Crippen molar-refractivity contribution in [2.24, 2.45) is 7.05 Å². The van der Waals surface area contributed by atoms with Crippen LogP contribution in [0, 0.1) is 10.1 Å². The second-order valence-corrected chi connectivity index (χ2v) is 5.38. The summed E-state index contributed by atoms with van der Waals surface area (Å²) in [6, 6.07) is -0.226. The molecular weight excluding hydrogens is 266 g/mol. The van der Waals surface area contributed by atoms with Gasteiger partial charge in [-0.25, -0.2) is 23.7 Å². The number of aromatic nitrogens is 2. The van der Waals surface area contributed by atoms with E-state index < -0.39 is 4.92 Å². The lowest BCUT2D eigenvalue weighted by atomic mass is 10.1. The molecule has 9 nitrogen and oxygen atoms in total. The van der Waals surface area contributed by atoms with Gasteiger partial charge in [0.15, 0.2) is 0 Å². The number of rotatable bonds is 4. The van der Waals surface area contributed by atoms with Crippen LogP contribution in [0.15, 0.2) is 6.20 Å². The summed E-state index contributed by atoms with van der Waals surface area (Å²) in [5, 5.41) is 12.4. The fourth-order valence-corrected chi connectivity index (χ4v) is 2.27. The van der Waals surface area contributed by atoms with Crippen molar-refractivity contribution < 1.29 is 19.0 Å². The summed E-state index contributed by atoms with van der Waals surface area (Å²) in [6.45, 7) is 0. The van der Waals surface area contributed by atoms with E-state index in [2.05, 4.69) is 4.98 Å². The predicted octanol–water partition coefficient (Wildman–Crippen LogP) is 0.195. The van der Waals surface area contributed by atoms with Gasteiger partial charge in [0.1, 0.15) is 12.2 Å². The van der Waals surface area contributed by atoms with E-state index in [4.69, 9.17) is 4.84 Å². The second-order valence-electron chi connectivity index (χ2n) is 5.38. The van der Waals surface area contributed by atoms with Gasteiger partial charge in [0, 0.05) is 7.05 Å². The molecule has 0 spiro atoms. The third kappa shape index (κ3) is 2.30. The first-order chi connectivity index (χ1) is 9.27. The Labute approximate surface area is 116 Å². The number of hydrogen-bond donors (Lipinski definition) is 0. The molecule has 9 heteroatoms. The minimum atomic E-state index is -0.477. The number of nitrogens with zero attached hydrogens (tertiary/aromatic N) is 5. The van der Waals surface area contributed by atoms with Gasteiger partial charge in [0.2, 0.25) is 12.1 Å². The largest absolute Gasteiger partial charge is 0.358 e. The molecule has 2 atom stereocenters. The molecule has 1 saturated heterocycles. The lowest BCUT2D eigenvalue weighted by Gasteiger charge is -2.26. The van der Waals surface area contributed by atoms with Crippen molar-refractivity contribution in [1.29, 1.82) is 0 Å². The molecular formula is C11H18N5O4+. The minimum absolute atomic E-state index is 0.0629. The van der Waals surface area contributed by atoms with Crippen molar-refractivity contribution in [1.82, 2.24) is 14.6 Å². The Hall–Kier alpha value is -1.84. The van der Waals surface area contributed by atoms with Crippen molar-refractivity contribution in [3.05, 3.63) is 22.1 Å². The third-order valence-electron chi connectivity index (χ3n) is 3.65. The molecule has 0 saturated carbocycles. The van der Waals surface area contributed by atoms with Gasteiger partial charge in [0.05, 0.1) is 27.6 Å². The maximum absolute atomic E-state index is 11.1. The fourth-order valence-electron chi connectivity index (χ4n) is 2.27. The summed E-state index contributed by atoms with van der Waals surface area (Å²) in [6.07, 6.45) is 2.24. The maximum atomic E-state index is 11.1. The fraction of sp³-hybridized carbons (Fsp3) is 0.636. The van der Waals surface area contributed by atoms with Crippen LogP contribution >= 0.6 is 0 Å². The number of quaternary nitrogens is 1. The van der Waals surface area contributed by atoms with Crippen molar-refractivity contribution in [3.8, 4) is 0 Å². The Morgan fingerprint density at radius 1 is 1.55 bits per heavy atom. The highest BCUT2D eigenvalue weighted by atomic mass is 16.7. The van der Waals surface area contributed by atoms with E-state index in [0.717, 1.165) is 6.41 Å². The molecule has 1 aromatic heterocycles. The van der Waals surface area contributed by atoms with Crippen LogP contribution in [0.3, 0.4) is 0 Å². The Kier molecular flexibility index (Phi) is 3.59. The van der Waals surface area contributed by atoms with E-state index >= 15 is 0 Å². The SMILES string of the molecule is CN1OC([N+](C)(C)C=O)CC1c1ncc([N+](=O)[O-])n1C. The van der Waals surface area contributed by atoms with Gasteiger partial charge in [-0.05, 0) is 4.92 Å². The molecule has 0 N–H and O–H groups in total. The van der Waals surface area contributed by atoms with E-state index in [1.807, 2.05) is 0 Å². The van der Waals surface area contributed by atoms with Crippen LogP contribution in [0.1, 0.15) is 18.3 Å². The van der Waals surface area contributed by atoms with Gasteiger partial charge in [-0.3, -0.25) is 0 Å². The number of amides is 1. The maximum Gasteiger partial charge on any atom is 0.342 e. The molecule has 1 aliphatic heterocycles. The summed E-state index contributed by atoms with van der Waals surface area (Å²) in [5.41, 5.74) is 0. The van der Waals surface area contributed by atoms with Crippen LogP contribution in [-0.2, 0) is 16.7 Å². The first-order valence-electron chi connectivity index (χ1n) is 6.13.